The van der Waals surface area contributed by atoms with Gasteiger partial charge in [-0.3, -0.25) is 9.69 Å². The first kappa shape index (κ1) is 14.9. The number of pyridine rings is 1. The van der Waals surface area contributed by atoms with Crippen LogP contribution in [0.4, 0.5) is 0 Å². The molecule has 1 fully saturated rings. The molecule has 5 nitrogen and oxygen atoms in total. The van der Waals surface area contributed by atoms with E-state index in [1.54, 1.807) is 6.07 Å². The van der Waals surface area contributed by atoms with E-state index in [1.807, 2.05) is 13.0 Å². The van der Waals surface area contributed by atoms with Gasteiger partial charge in [-0.2, -0.15) is 0 Å². The van der Waals surface area contributed by atoms with Gasteiger partial charge in [-0.1, -0.05) is 0 Å². The highest BCUT2D eigenvalue weighted by Crippen LogP contribution is 2.17. The first-order chi connectivity index (χ1) is 9.60. The van der Waals surface area contributed by atoms with Crippen molar-refractivity contribution < 1.29 is 14.3 Å². The van der Waals surface area contributed by atoms with Crippen molar-refractivity contribution in [3.05, 3.63) is 23.5 Å². The fraction of sp³-hybridized carbons (Fsp3) is 0.600. The van der Waals surface area contributed by atoms with Crippen molar-refractivity contribution >= 4 is 6.29 Å². The monoisotopic (exact) mass is 278 g/mol. The molecule has 20 heavy (non-hydrogen) atoms. The largest absolute Gasteiger partial charge is 0.488 e. The van der Waals surface area contributed by atoms with E-state index in [2.05, 4.69) is 23.7 Å². The molecule has 0 N–H and O–H groups in total. The molecule has 1 unspecified atom stereocenters. The fourth-order valence-electron chi connectivity index (χ4n) is 2.27. The van der Waals surface area contributed by atoms with E-state index in [-0.39, 0.29) is 6.10 Å². The van der Waals surface area contributed by atoms with E-state index in [9.17, 15) is 4.79 Å². The van der Waals surface area contributed by atoms with Gasteiger partial charge in [0.1, 0.15) is 24.2 Å². The summed E-state index contributed by atoms with van der Waals surface area (Å²) in [4.78, 5) is 17.5. The van der Waals surface area contributed by atoms with Gasteiger partial charge in [-0.05, 0) is 32.9 Å². The van der Waals surface area contributed by atoms with Crippen LogP contribution in [0.3, 0.4) is 0 Å². The van der Waals surface area contributed by atoms with Gasteiger partial charge in [0.15, 0.2) is 6.29 Å². The summed E-state index contributed by atoms with van der Waals surface area (Å²) in [5.41, 5.74) is 1.15. The standard InChI is InChI=1S/C15H22N2O3/c1-11(2)17-6-7-19-13(8-17)10-20-15-5-4-12(3)16-14(15)9-18/h4-5,9,11,13H,6-8,10H2,1-3H3. The summed E-state index contributed by atoms with van der Waals surface area (Å²) in [6.07, 6.45) is 0.761. The van der Waals surface area contributed by atoms with Gasteiger partial charge >= 0.3 is 0 Å². The number of carbonyl (C=O) groups is 1. The lowest BCUT2D eigenvalue weighted by atomic mass is 10.2. The Morgan fingerprint density at radius 2 is 2.35 bits per heavy atom. The summed E-state index contributed by atoms with van der Waals surface area (Å²) in [6, 6.07) is 4.13. The molecule has 1 saturated heterocycles. The van der Waals surface area contributed by atoms with Crippen molar-refractivity contribution in [3.8, 4) is 5.75 Å². The van der Waals surface area contributed by atoms with Crippen LogP contribution in [0.25, 0.3) is 0 Å². The van der Waals surface area contributed by atoms with E-state index in [0.717, 1.165) is 31.7 Å². The highest BCUT2D eigenvalue weighted by Gasteiger charge is 2.23. The smallest absolute Gasteiger partial charge is 0.172 e. The maximum absolute atomic E-state index is 11.0. The molecule has 1 atom stereocenters. The summed E-state index contributed by atoms with van der Waals surface area (Å²) in [5.74, 6) is 0.524. The van der Waals surface area contributed by atoms with E-state index in [1.165, 1.54) is 0 Å². The summed E-state index contributed by atoms with van der Waals surface area (Å²) in [6.45, 7) is 9.18. The van der Waals surface area contributed by atoms with Crippen LogP contribution in [0.5, 0.6) is 5.75 Å². The van der Waals surface area contributed by atoms with Crippen molar-refractivity contribution in [2.24, 2.45) is 0 Å². The molecule has 5 heteroatoms. The van der Waals surface area contributed by atoms with Gasteiger partial charge in [0.2, 0.25) is 0 Å². The fourth-order valence-corrected chi connectivity index (χ4v) is 2.27. The Labute approximate surface area is 119 Å². The first-order valence-corrected chi connectivity index (χ1v) is 7.01. The molecule has 0 radical (unpaired) electrons. The first-order valence-electron chi connectivity index (χ1n) is 7.01. The molecule has 0 amide bonds. The van der Waals surface area contributed by atoms with Crippen molar-refractivity contribution in [2.75, 3.05) is 26.3 Å². The van der Waals surface area contributed by atoms with Gasteiger partial charge in [-0.15, -0.1) is 0 Å². The van der Waals surface area contributed by atoms with Crippen molar-refractivity contribution in [1.82, 2.24) is 9.88 Å². The van der Waals surface area contributed by atoms with E-state index in [0.29, 0.717) is 24.1 Å². The molecule has 1 aromatic rings. The number of morpholine rings is 1. The Balaban J connectivity index is 1.93. The molecule has 0 bridgehead atoms. The van der Waals surface area contributed by atoms with E-state index >= 15 is 0 Å². The van der Waals surface area contributed by atoms with Gasteiger partial charge in [0, 0.05) is 24.8 Å². The molecule has 2 heterocycles. The third-order valence-corrected chi connectivity index (χ3v) is 3.46. The van der Waals surface area contributed by atoms with Crippen LogP contribution in [-0.2, 0) is 4.74 Å². The Hall–Kier alpha value is -1.46. The van der Waals surface area contributed by atoms with Crippen molar-refractivity contribution in [2.45, 2.75) is 32.9 Å². The number of ether oxygens (including phenoxy) is 2. The lowest BCUT2D eigenvalue weighted by Gasteiger charge is -2.35. The molecule has 2 rings (SSSR count). The lowest BCUT2D eigenvalue weighted by Crippen LogP contribution is -2.47. The van der Waals surface area contributed by atoms with Crippen LogP contribution in [0.1, 0.15) is 30.0 Å². The number of nitrogens with zero attached hydrogens (tertiary/aromatic N) is 2. The molecule has 110 valence electrons. The second-order valence-corrected chi connectivity index (χ2v) is 5.35. The summed E-state index contributed by atoms with van der Waals surface area (Å²) in [5, 5.41) is 0. The van der Waals surface area contributed by atoms with E-state index in [4.69, 9.17) is 9.47 Å². The number of aldehydes is 1. The average Bonchev–Trinajstić information content (AvgIpc) is 2.46. The molecule has 0 aliphatic carbocycles. The molecule has 1 aliphatic rings. The van der Waals surface area contributed by atoms with Crippen LogP contribution in [0.2, 0.25) is 0 Å². The van der Waals surface area contributed by atoms with E-state index < -0.39 is 0 Å². The molecule has 0 spiro atoms. The van der Waals surface area contributed by atoms with Gasteiger partial charge in [0.05, 0.1) is 6.61 Å². The highest BCUT2D eigenvalue weighted by atomic mass is 16.5. The SMILES string of the molecule is Cc1ccc(OCC2CN(C(C)C)CCO2)c(C=O)n1. The Kier molecular flexibility index (Phi) is 5.09. The molecular formula is C15H22N2O3. The van der Waals surface area contributed by atoms with Crippen LogP contribution < -0.4 is 4.74 Å². The van der Waals surface area contributed by atoms with Gasteiger partial charge < -0.3 is 9.47 Å². The molecule has 1 aliphatic heterocycles. The van der Waals surface area contributed by atoms with Crippen LogP contribution in [0, 0.1) is 6.92 Å². The second kappa shape index (κ2) is 6.81. The summed E-state index contributed by atoms with van der Waals surface area (Å²) < 4.78 is 11.4. The Bertz CT molecular complexity index is 462. The Morgan fingerprint density at radius 3 is 3.05 bits per heavy atom. The minimum absolute atomic E-state index is 0.0342. The minimum atomic E-state index is 0.0342. The average molecular weight is 278 g/mol. The van der Waals surface area contributed by atoms with Crippen LogP contribution in [0.15, 0.2) is 12.1 Å². The third kappa shape index (κ3) is 3.77. The summed E-state index contributed by atoms with van der Waals surface area (Å²) >= 11 is 0. The molecular weight excluding hydrogens is 256 g/mol. The number of carbonyl (C=O) groups excluding carboxylic acids is 1. The highest BCUT2D eigenvalue weighted by molar-refractivity contribution is 5.76. The number of aromatic nitrogens is 1. The zero-order valence-electron chi connectivity index (χ0n) is 12.3. The summed E-state index contributed by atoms with van der Waals surface area (Å²) in [7, 11) is 0. The number of aryl methyl sites for hydroxylation is 1. The topological polar surface area (TPSA) is 51.7 Å². The number of rotatable bonds is 5. The predicted molar refractivity (Wildman–Crippen MR) is 76.3 cm³/mol. The minimum Gasteiger partial charge on any atom is -0.488 e. The number of hydrogen-bond donors (Lipinski definition) is 0. The van der Waals surface area contributed by atoms with Crippen molar-refractivity contribution in [3.63, 3.8) is 0 Å². The van der Waals surface area contributed by atoms with Gasteiger partial charge in [0.25, 0.3) is 0 Å². The third-order valence-electron chi connectivity index (χ3n) is 3.46. The predicted octanol–water partition coefficient (Wildman–Crippen LogP) is 1.69. The molecule has 0 aromatic carbocycles. The quantitative estimate of drug-likeness (QED) is 0.767. The van der Waals surface area contributed by atoms with Crippen LogP contribution >= 0.6 is 0 Å². The zero-order valence-corrected chi connectivity index (χ0v) is 12.3. The number of hydrogen-bond acceptors (Lipinski definition) is 5. The van der Waals surface area contributed by atoms with Crippen LogP contribution in [-0.4, -0.2) is 54.6 Å². The van der Waals surface area contributed by atoms with Crippen molar-refractivity contribution in [1.29, 1.82) is 0 Å². The lowest BCUT2D eigenvalue weighted by molar-refractivity contribution is -0.0565. The second-order valence-electron chi connectivity index (χ2n) is 5.35. The maximum Gasteiger partial charge on any atom is 0.172 e. The Morgan fingerprint density at radius 1 is 1.55 bits per heavy atom. The zero-order chi connectivity index (χ0) is 14.5. The maximum atomic E-state index is 11.0. The molecule has 1 aromatic heterocycles. The molecule has 0 saturated carbocycles. The van der Waals surface area contributed by atoms with Gasteiger partial charge in [-0.25, -0.2) is 4.98 Å². The normalized spacial score (nSPS) is 20.1.